The van der Waals surface area contributed by atoms with Crippen LogP contribution in [0.2, 0.25) is 0 Å². The minimum atomic E-state index is -5.46. The predicted octanol–water partition coefficient (Wildman–Crippen LogP) is 5.84. The van der Waals surface area contributed by atoms with Gasteiger partial charge in [-0.2, -0.15) is 0 Å². The van der Waals surface area contributed by atoms with E-state index >= 15 is 35.1 Å². The molecule has 5 aromatic rings. The van der Waals surface area contributed by atoms with Gasteiger partial charge in [-0.15, -0.1) is 21.9 Å². The largest absolute Gasteiger partial charge is 0.332 e. The van der Waals surface area contributed by atoms with Crippen molar-refractivity contribution in [3.63, 3.8) is 0 Å². The Bertz CT molecular complexity index is 1730. The monoisotopic (exact) mass is 699 g/mol. The van der Waals surface area contributed by atoms with E-state index in [9.17, 15) is 17.6 Å². The number of hydrogen-bond acceptors (Lipinski definition) is 0. The Kier molecular flexibility index (Phi) is 11.5. The fourth-order valence-electron chi connectivity index (χ4n) is 6.01. The van der Waals surface area contributed by atoms with Crippen LogP contribution in [-0.2, 0) is 6.54 Å². The van der Waals surface area contributed by atoms with Gasteiger partial charge in [-0.25, -0.2) is 52.7 Å². The van der Waals surface area contributed by atoms with Gasteiger partial charge in [0.05, 0.1) is 36.4 Å². The van der Waals surface area contributed by atoms with Crippen molar-refractivity contribution in [1.82, 2.24) is 0 Å². The molecular weight excluding hydrogens is 673 g/mol. The van der Waals surface area contributed by atoms with Crippen LogP contribution in [0.25, 0.3) is 0 Å². The van der Waals surface area contributed by atoms with Gasteiger partial charge in [-0.3, -0.25) is 0 Å². The van der Waals surface area contributed by atoms with Crippen molar-refractivity contribution in [1.29, 1.82) is 0 Å². The van der Waals surface area contributed by atoms with Crippen molar-refractivity contribution in [3.05, 3.63) is 154 Å². The number of nitrogens with one attached hydrogen (secondary N) is 1. The highest BCUT2D eigenvalue weighted by molar-refractivity contribution is 7.20. The first-order valence-electron chi connectivity index (χ1n) is 14.8. The Morgan fingerprint density at radius 1 is 0.388 bits per heavy atom. The molecule has 14 heteroatoms. The minimum Gasteiger partial charge on any atom is -0.332 e. The molecule has 1 nitrogen and oxygen atoms in total. The van der Waals surface area contributed by atoms with E-state index in [4.69, 9.17) is 0 Å². The number of hydrogen-bond donors (Lipinski definition) is 1. The second kappa shape index (κ2) is 15.2. The molecule has 0 radical (unpaired) electrons. The molecule has 1 N–H and O–H groups in total. The summed E-state index contributed by atoms with van der Waals surface area (Å²) in [4.78, 5) is 1.64. The van der Waals surface area contributed by atoms with Gasteiger partial charge in [0.25, 0.3) is 0 Å². The molecule has 0 heterocycles. The average Bonchev–Trinajstić information content (AvgIpc) is 3.08. The topological polar surface area (TPSA) is 4.44 Å². The van der Waals surface area contributed by atoms with Crippen molar-refractivity contribution in [2.75, 3.05) is 13.1 Å². The molecular formula is C35H26BF12N. The molecule has 0 saturated heterocycles. The second-order valence-corrected chi connectivity index (χ2v) is 11.0. The van der Waals surface area contributed by atoms with Crippen LogP contribution in [0.15, 0.2) is 78.9 Å². The lowest BCUT2D eigenvalue weighted by atomic mass is 9.12. The summed E-state index contributed by atoms with van der Waals surface area (Å²) in [6.45, 7) is 8.06. The average molecular weight is 699 g/mol. The van der Waals surface area contributed by atoms with Gasteiger partial charge in [0.1, 0.15) is 36.0 Å². The summed E-state index contributed by atoms with van der Waals surface area (Å²) < 4.78 is 180. The molecule has 258 valence electrons. The van der Waals surface area contributed by atoms with E-state index in [-0.39, 0.29) is 48.5 Å². The molecule has 0 saturated carbocycles. The lowest BCUT2D eigenvalue weighted by Crippen LogP contribution is -3.10. The lowest BCUT2D eigenvalue weighted by Gasteiger charge is -2.44. The van der Waals surface area contributed by atoms with Crippen LogP contribution in [0.4, 0.5) is 52.7 Å². The summed E-state index contributed by atoms with van der Waals surface area (Å²) in [5.41, 5.74) is -7.13. The molecule has 5 aromatic carbocycles. The van der Waals surface area contributed by atoms with Gasteiger partial charge in [0.2, 0.25) is 0 Å². The third kappa shape index (κ3) is 6.92. The Balaban J connectivity index is 0.000000380. The van der Waals surface area contributed by atoms with Crippen LogP contribution in [0.5, 0.6) is 0 Å². The van der Waals surface area contributed by atoms with E-state index in [0.717, 1.165) is 6.54 Å². The molecule has 0 spiro atoms. The molecule has 0 bridgehead atoms. The van der Waals surface area contributed by atoms with Gasteiger partial charge < -0.3 is 4.90 Å². The first-order valence-corrected chi connectivity index (χ1v) is 14.8. The van der Waals surface area contributed by atoms with E-state index in [1.807, 2.05) is 0 Å². The SMILES string of the molecule is CC[NH+](CC)Cc1ccccc1.Fc1ccc(F)c([B-](c2c(F)ccc(F)c2F)(c2c(F)ccc(F)c2F)c2c(F)ccc(F)c2F)c1F. The maximum absolute atomic E-state index is 15.3. The van der Waals surface area contributed by atoms with E-state index in [0.29, 0.717) is 0 Å². The Morgan fingerprint density at radius 2 is 0.653 bits per heavy atom. The van der Waals surface area contributed by atoms with Gasteiger partial charge in [0, 0.05) is 5.56 Å². The molecule has 5 rings (SSSR count). The van der Waals surface area contributed by atoms with Crippen LogP contribution >= 0.6 is 0 Å². The normalized spacial score (nSPS) is 11.5. The molecule has 0 aliphatic heterocycles. The van der Waals surface area contributed by atoms with Crippen molar-refractivity contribution in [2.45, 2.75) is 20.4 Å². The van der Waals surface area contributed by atoms with Crippen LogP contribution < -0.4 is 26.8 Å². The minimum absolute atomic E-state index is 0.0591. The Hall–Kier alpha value is -4.72. The lowest BCUT2D eigenvalue weighted by molar-refractivity contribution is -0.910. The van der Waals surface area contributed by atoms with Crippen LogP contribution in [0.3, 0.4) is 0 Å². The smallest absolute Gasteiger partial charge is 0.155 e. The fourth-order valence-corrected chi connectivity index (χ4v) is 6.01. The maximum Gasteiger partial charge on any atom is 0.155 e. The highest BCUT2D eigenvalue weighted by Crippen LogP contribution is 2.24. The molecule has 0 aliphatic carbocycles. The third-order valence-corrected chi connectivity index (χ3v) is 8.35. The first kappa shape index (κ1) is 37.1. The fraction of sp³-hybridized carbons (Fsp3) is 0.143. The second-order valence-electron chi connectivity index (χ2n) is 11.0. The summed E-state index contributed by atoms with van der Waals surface area (Å²) in [7, 11) is 0. The van der Waals surface area contributed by atoms with Crippen LogP contribution in [0, 0.1) is 69.8 Å². The van der Waals surface area contributed by atoms with E-state index in [1.165, 1.54) is 18.7 Å². The van der Waals surface area contributed by atoms with E-state index in [2.05, 4.69) is 44.2 Å². The number of quaternary nitrogens is 1. The number of halogens is 12. The Morgan fingerprint density at radius 3 is 0.918 bits per heavy atom. The summed E-state index contributed by atoms with van der Waals surface area (Å²) in [6, 6.07) is 11.3. The molecule has 0 amide bonds. The van der Waals surface area contributed by atoms with Crippen LogP contribution in [0.1, 0.15) is 19.4 Å². The Labute approximate surface area is 273 Å². The van der Waals surface area contributed by atoms with Gasteiger partial charge in [0.15, 0.2) is 23.3 Å². The van der Waals surface area contributed by atoms with Crippen molar-refractivity contribution in [3.8, 4) is 0 Å². The van der Waals surface area contributed by atoms with Crippen LogP contribution in [-0.4, -0.2) is 19.2 Å². The molecule has 0 aromatic heterocycles. The standard InChI is InChI=1S/C24H8BF12.C11H17N/c26-9-1-5-13(30)21(34)17(9)25(18-10(27)2-6-14(31)22(18)35,19-11(28)3-7-15(32)23(19)36)20-12(29)4-8-16(33)24(20)37;1-3-12(4-2)10-11-8-6-5-7-9-11/h1-8H;5-9H,3-4,10H2,1-2H3/q-1;/p+1. The highest BCUT2D eigenvalue weighted by atomic mass is 19.2. The summed E-state index contributed by atoms with van der Waals surface area (Å²) in [6.07, 6.45) is -5.46. The molecule has 0 fully saturated rings. The summed E-state index contributed by atoms with van der Waals surface area (Å²) in [5.74, 6) is -26.6. The van der Waals surface area contributed by atoms with E-state index in [1.54, 1.807) is 4.90 Å². The zero-order valence-electron chi connectivity index (χ0n) is 25.7. The van der Waals surface area contributed by atoms with E-state index < -0.39 is 97.8 Å². The first-order chi connectivity index (χ1) is 23.2. The van der Waals surface area contributed by atoms with Crippen molar-refractivity contribution < 1.29 is 57.6 Å². The zero-order chi connectivity index (χ0) is 36.2. The molecule has 49 heavy (non-hydrogen) atoms. The van der Waals surface area contributed by atoms with Crippen molar-refractivity contribution in [2.24, 2.45) is 0 Å². The highest BCUT2D eigenvalue weighted by Gasteiger charge is 2.48. The predicted molar refractivity (Wildman–Crippen MR) is 162 cm³/mol. The van der Waals surface area contributed by atoms with Gasteiger partial charge in [-0.05, 0) is 62.4 Å². The van der Waals surface area contributed by atoms with Gasteiger partial charge in [-0.1, -0.05) is 30.3 Å². The quantitative estimate of drug-likeness (QED) is 0.118. The summed E-state index contributed by atoms with van der Waals surface area (Å²) in [5, 5.41) is 0. The molecule has 0 atom stereocenters. The van der Waals surface area contributed by atoms with Gasteiger partial charge >= 0.3 is 0 Å². The molecule has 0 aliphatic rings. The van der Waals surface area contributed by atoms with Crippen molar-refractivity contribution >= 4 is 28.0 Å². The zero-order valence-corrected chi connectivity index (χ0v) is 25.7. The molecule has 0 unspecified atom stereocenters. The summed E-state index contributed by atoms with van der Waals surface area (Å²) >= 11 is 0. The number of benzene rings is 5. The maximum atomic E-state index is 15.3. The third-order valence-electron chi connectivity index (χ3n) is 8.35. The number of rotatable bonds is 8.